The van der Waals surface area contributed by atoms with Crippen LogP contribution < -0.4 is 5.32 Å². The van der Waals surface area contributed by atoms with Gasteiger partial charge in [-0.2, -0.15) is 0 Å². The number of nitrogens with one attached hydrogen (secondary N) is 1. The summed E-state index contributed by atoms with van der Waals surface area (Å²) in [6.45, 7) is 2.07. The Labute approximate surface area is 165 Å². The van der Waals surface area contributed by atoms with E-state index in [1.165, 1.54) is 28.4 Å². The number of aryl methyl sites for hydroxylation is 1. The van der Waals surface area contributed by atoms with E-state index in [4.69, 9.17) is 0 Å². The molecule has 0 radical (unpaired) electrons. The summed E-state index contributed by atoms with van der Waals surface area (Å²) in [5, 5.41) is 4.99. The van der Waals surface area contributed by atoms with E-state index in [0.717, 1.165) is 16.1 Å². The standard InChI is InChI=1S/C22H17FN2O2S/c1-14-4-10-17(11-5-14)24-20-19(18-3-2-12-28-18)21(26)25(22(20)27)13-15-6-8-16(23)9-7-15/h2-12,24H,13H2,1H3. The van der Waals surface area contributed by atoms with Crippen LogP contribution in [0.3, 0.4) is 0 Å². The van der Waals surface area contributed by atoms with Gasteiger partial charge in [-0.15, -0.1) is 11.3 Å². The molecule has 2 aromatic carbocycles. The van der Waals surface area contributed by atoms with E-state index in [0.29, 0.717) is 11.1 Å². The fraction of sp³-hybridized carbons (Fsp3) is 0.0909. The first-order valence-corrected chi connectivity index (χ1v) is 9.63. The second-order valence-electron chi connectivity index (χ2n) is 6.54. The van der Waals surface area contributed by atoms with Gasteiger partial charge < -0.3 is 5.32 Å². The normalized spacial score (nSPS) is 14.1. The number of thiophene rings is 1. The van der Waals surface area contributed by atoms with Crippen LogP contribution in [0.4, 0.5) is 10.1 Å². The Morgan fingerprint density at radius 2 is 1.68 bits per heavy atom. The predicted octanol–water partition coefficient (Wildman–Crippen LogP) is 4.59. The Bertz CT molecular complexity index is 1050. The van der Waals surface area contributed by atoms with Crippen molar-refractivity contribution in [3.8, 4) is 0 Å². The van der Waals surface area contributed by atoms with E-state index in [-0.39, 0.29) is 24.0 Å². The van der Waals surface area contributed by atoms with Gasteiger partial charge in [0.2, 0.25) is 0 Å². The summed E-state index contributed by atoms with van der Waals surface area (Å²) in [4.78, 5) is 28.1. The van der Waals surface area contributed by atoms with Crippen LogP contribution in [-0.4, -0.2) is 16.7 Å². The molecule has 1 aliphatic heterocycles. The van der Waals surface area contributed by atoms with E-state index in [2.05, 4.69) is 5.32 Å². The minimum Gasteiger partial charge on any atom is -0.350 e. The van der Waals surface area contributed by atoms with Crippen molar-refractivity contribution in [3.63, 3.8) is 0 Å². The Kier molecular flexibility index (Phi) is 4.79. The average molecular weight is 392 g/mol. The lowest BCUT2D eigenvalue weighted by molar-refractivity contribution is -0.137. The maximum absolute atomic E-state index is 13.2. The van der Waals surface area contributed by atoms with Gasteiger partial charge in [0.1, 0.15) is 11.5 Å². The maximum atomic E-state index is 13.2. The molecule has 0 atom stereocenters. The molecule has 0 unspecified atom stereocenters. The summed E-state index contributed by atoms with van der Waals surface area (Å²) in [5.74, 6) is -1.10. The molecule has 0 aliphatic carbocycles. The smallest absolute Gasteiger partial charge is 0.278 e. The molecule has 0 bridgehead atoms. The lowest BCUT2D eigenvalue weighted by Gasteiger charge is -2.15. The number of carbonyl (C=O) groups excluding carboxylic acids is 2. The highest BCUT2D eigenvalue weighted by Gasteiger charge is 2.39. The molecular formula is C22H17FN2O2S. The summed E-state index contributed by atoms with van der Waals surface area (Å²) in [5.41, 5.74) is 3.15. The molecule has 28 heavy (non-hydrogen) atoms. The molecule has 2 amide bonds. The Morgan fingerprint density at radius 1 is 0.964 bits per heavy atom. The van der Waals surface area contributed by atoms with Gasteiger partial charge >= 0.3 is 0 Å². The quantitative estimate of drug-likeness (QED) is 0.646. The number of hydrogen-bond donors (Lipinski definition) is 1. The SMILES string of the molecule is Cc1ccc(NC2=C(c3cccs3)C(=O)N(Cc3ccc(F)cc3)C2=O)cc1. The maximum Gasteiger partial charge on any atom is 0.278 e. The Balaban J connectivity index is 1.69. The first-order valence-electron chi connectivity index (χ1n) is 8.75. The van der Waals surface area contributed by atoms with Gasteiger partial charge in [0, 0.05) is 10.6 Å². The number of benzene rings is 2. The van der Waals surface area contributed by atoms with Gasteiger partial charge in [-0.1, -0.05) is 35.9 Å². The molecule has 6 heteroatoms. The fourth-order valence-corrected chi connectivity index (χ4v) is 3.81. The van der Waals surface area contributed by atoms with E-state index in [9.17, 15) is 14.0 Å². The summed E-state index contributed by atoms with van der Waals surface area (Å²) >= 11 is 1.41. The molecule has 1 N–H and O–H groups in total. The Morgan fingerprint density at radius 3 is 2.32 bits per heavy atom. The summed E-state index contributed by atoms with van der Waals surface area (Å²) < 4.78 is 13.2. The third kappa shape index (κ3) is 3.46. The molecule has 0 fully saturated rings. The highest BCUT2D eigenvalue weighted by Crippen LogP contribution is 2.33. The monoisotopic (exact) mass is 392 g/mol. The average Bonchev–Trinajstić information content (AvgIpc) is 3.28. The van der Waals surface area contributed by atoms with Crippen molar-refractivity contribution in [1.82, 2.24) is 4.90 Å². The molecule has 3 aromatic rings. The van der Waals surface area contributed by atoms with Crippen molar-refractivity contribution < 1.29 is 14.0 Å². The zero-order chi connectivity index (χ0) is 19.7. The van der Waals surface area contributed by atoms with Gasteiger partial charge in [-0.05, 0) is 48.2 Å². The van der Waals surface area contributed by atoms with Crippen LogP contribution in [0.15, 0.2) is 71.7 Å². The summed E-state index contributed by atoms with van der Waals surface area (Å²) in [6, 6.07) is 17.1. The number of carbonyl (C=O) groups is 2. The number of imide groups is 1. The third-order valence-corrected chi connectivity index (χ3v) is 5.40. The van der Waals surface area contributed by atoms with Crippen molar-refractivity contribution in [3.05, 3.63) is 93.6 Å². The van der Waals surface area contributed by atoms with Crippen LogP contribution in [0.2, 0.25) is 0 Å². The first-order chi connectivity index (χ1) is 13.5. The molecule has 2 heterocycles. The molecule has 1 aliphatic rings. The van der Waals surface area contributed by atoms with Gasteiger partial charge in [-0.25, -0.2) is 4.39 Å². The predicted molar refractivity (Wildman–Crippen MR) is 108 cm³/mol. The van der Waals surface area contributed by atoms with Gasteiger partial charge in [0.05, 0.1) is 12.1 Å². The molecule has 0 spiro atoms. The number of amides is 2. The van der Waals surface area contributed by atoms with Crippen LogP contribution in [0.1, 0.15) is 16.0 Å². The van der Waals surface area contributed by atoms with E-state index in [1.54, 1.807) is 12.1 Å². The van der Waals surface area contributed by atoms with Crippen molar-refractivity contribution in [1.29, 1.82) is 0 Å². The van der Waals surface area contributed by atoms with Crippen LogP contribution >= 0.6 is 11.3 Å². The molecule has 140 valence electrons. The second kappa shape index (κ2) is 7.40. The zero-order valence-electron chi connectivity index (χ0n) is 15.1. The third-order valence-electron chi connectivity index (χ3n) is 4.51. The summed E-state index contributed by atoms with van der Waals surface area (Å²) in [7, 11) is 0. The number of hydrogen-bond acceptors (Lipinski definition) is 4. The molecule has 0 saturated heterocycles. The molecule has 1 aromatic heterocycles. The minimum atomic E-state index is -0.390. The van der Waals surface area contributed by atoms with Crippen molar-refractivity contribution in [2.45, 2.75) is 13.5 Å². The van der Waals surface area contributed by atoms with Crippen molar-refractivity contribution >= 4 is 34.4 Å². The number of nitrogens with zero attached hydrogens (tertiary/aromatic N) is 1. The van der Waals surface area contributed by atoms with Crippen LogP contribution in [-0.2, 0) is 16.1 Å². The lowest BCUT2D eigenvalue weighted by atomic mass is 10.1. The largest absolute Gasteiger partial charge is 0.350 e. The number of halogens is 1. The van der Waals surface area contributed by atoms with Crippen molar-refractivity contribution in [2.75, 3.05) is 5.32 Å². The van der Waals surface area contributed by atoms with E-state index in [1.807, 2.05) is 48.7 Å². The van der Waals surface area contributed by atoms with Crippen molar-refractivity contribution in [2.24, 2.45) is 0 Å². The fourth-order valence-electron chi connectivity index (χ4n) is 3.04. The lowest BCUT2D eigenvalue weighted by Crippen LogP contribution is -2.31. The molecule has 4 rings (SSSR count). The highest BCUT2D eigenvalue weighted by molar-refractivity contribution is 7.11. The van der Waals surface area contributed by atoms with E-state index < -0.39 is 5.91 Å². The number of rotatable bonds is 5. The van der Waals surface area contributed by atoms with Gasteiger partial charge in [0.25, 0.3) is 11.8 Å². The van der Waals surface area contributed by atoms with Crippen LogP contribution in [0.25, 0.3) is 5.57 Å². The molecular weight excluding hydrogens is 375 g/mol. The topological polar surface area (TPSA) is 49.4 Å². The second-order valence-corrected chi connectivity index (χ2v) is 7.49. The zero-order valence-corrected chi connectivity index (χ0v) is 15.9. The van der Waals surface area contributed by atoms with Gasteiger partial charge in [-0.3, -0.25) is 14.5 Å². The minimum absolute atomic E-state index is 0.0892. The number of anilines is 1. The highest BCUT2D eigenvalue weighted by atomic mass is 32.1. The summed E-state index contributed by atoms with van der Waals surface area (Å²) in [6.07, 6.45) is 0. The van der Waals surface area contributed by atoms with Crippen LogP contribution in [0.5, 0.6) is 0 Å². The molecule has 0 saturated carbocycles. The first kappa shape index (κ1) is 18.1. The Hall–Kier alpha value is -3.25. The van der Waals surface area contributed by atoms with Crippen LogP contribution in [0, 0.1) is 12.7 Å². The van der Waals surface area contributed by atoms with Gasteiger partial charge in [0.15, 0.2) is 0 Å². The molecule has 4 nitrogen and oxygen atoms in total. The van der Waals surface area contributed by atoms with E-state index >= 15 is 0 Å².